The van der Waals surface area contributed by atoms with Gasteiger partial charge in [0.05, 0.1) is 17.3 Å². The summed E-state index contributed by atoms with van der Waals surface area (Å²) in [5, 5.41) is 7.70. The van der Waals surface area contributed by atoms with E-state index in [1.807, 2.05) is 37.3 Å². The number of hydrogen-bond donors (Lipinski definition) is 1. The molecule has 0 aliphatic rings. The van der Waals surface area contributed by atoms with Crippen LogP contribution in [-0.2, 0) is 12.6 Å². The molecule has 1 aromatic carbocycles. The van der Waals surface area contributed by atoms with Crippen LogP contribution in [-0.4, -0.2) is 21.0 Å². The fourth-order valence-corrected chi connectivity index (χ4v) is 2.31. The lowest BCUT2D eigenvalue weighted by Gasteiger charge is -2.29. The summed E-state index contributed by atoms with van der Waals surface area (Å²) in [7, 11) is 1.79. The molecule has 2 aromatic rings. The summed E-state index contributed by atoms with van der Waals surface area (Å²) < 4.78 is 1.61. The predicted molar refractivity (Wildman–Crippen MR) is 78.3 cm³/mol. The first-order chi connectivity index (χ1) is 9.05. The number of hydrogen-bond acceptors (Lipinski definition) is 2. The lowest BCUT2D eigenvalue weighted by atomic mass is 9.94. The van der Waals surface area contributed by atoms with E-state index in [9.17, 15) is 4.79 Å². The molecule has 1 aromatic heterocycles. The number of nitrogens with one attached hydrogen (secondary N) is 1. The first kappa shape index (κ1) is 13.8. The van der Waals surface area contributed by atoms with Crippen LogP contribution < -0.4 is 5.32 Å². The number of aromatic nitrogens is 2. The molecule has 19 heavy (non-hydrogen) atoms. The first-order valence-electron chi connectivity index (χ1n) is 5.98. The van der Waals surface area contributed by atoms with E-state index in [2.05, 4.69) is 26.3 Å². The number of alkyl halides is 1. The molecule has 0 spiro atoms. The van der Waals surface area contributed by atoms with Crippen molar-refractivity contribution in [3.8, 4) is 0 Å². The van der Waals surface area contributed by atoms with Crippen molar-refractivity contribution in [3.63, 3.8) is 0 Å². The van der Waals surface area contributed by atoms with Crippen LogP contribution in [0.5, 0.6) is 0 Å². The SMILES string of the molecule is Cn1cc(C(=O)NC(C)(CBr)c2ccccc2)cn1. The molecule has 4 nitrogen and oxygen atoms in total. The smallest absolute Gasteiger partial charge is 0.255 e. The fourth-order valence-electron chi connectivity index (χ4n) is 1.85. The van der Waals surface area contributed by atoms with Gasteiger partial charge in [0.1, 0.15) is 0 Å². The van der Waals surface area contributed by atoms with Crippen LogP contribution >= 0.6 is 15.9 Å². The van der Waals surface area contributed by atoms with Crippen molar-refractivity contribution >= 4 is 21.8 Å². The maximum absolute atomic E-state index is 12.2. The van der Waals surface area contributed by atoms with Gasteiger partial charge in [-0.1, -0.05) is 46.3 Å². The molecule has 1 amide bonds. The highest BCUT2D eigenvalue weighted by atomic mass is 79.9. The number of rotatable bonds is 4. The Balaban J connectivity index is 2.22. The van der Waals surface area contributed by atoms with E-state index in [0.717, 1.165) is 5.56 Å². The molecule has 100 valence electrons. The van der Waals surface area contributed by atoms with E-state index in [1.54, 1.807) is 24.1 Å². The van der Waals surface area contributed by atoms with Crippen LogP contribution in [0.3, 0.4) is 0 Å². The zero-order valence-electron chi connectivity index (χ0n) is 10.9. The van der Waals surface area contributed by atoms with E-state index < -0.39 is 5.54 Å². The third kappa shape index (κ3) is 3.04. The standard InChI is InChI=1S/C14H16BrN3O/c1-14(10-15,12-6-4-3-5-7-12)17-13(19)11-8-16-18(2)9-11/h3-9H,10H2,1-2H3,(H,17,19). The van der Waals surface area contributed by atoms with Crippen molar-refractivity contribution in [1.29, 1.82) is 0 Å². The normalized spacial score (nSPS) is 13.8. The third-order valence-corrected chi connectivity index (χ3v) is 4.16. The highest BCUT2D eigenvalue weighted by molar-refractivity contribution is 9.09. The quantitative estimate of drug-likeness (QED) is 0.879. The second kappa shape index (κ2) is 5.57. The van der Waals surface area contributed by atoms with Crippen molar-refractivity contribution in [3.05, 3.63) is 53.9 Å². The van der Waals surface area contributed by atoms with E-state index >= 15 is 0 Å². The lowest BCUT2D eigenvalue weighted by Crippen LogP contribution is -2.44. The summed E-state index contributed by atoms with van der Waals surface area (Å²) in [5.41, 5.74) is 1.17. The van der Waals surface area contributed by atoms with Gasteiger partial charge in [0.25, 0.3) is 5.91 Å². The average molecular weight is 322 g/mol. The number of carbonyl (C=O) groups is 1. The maximum Gasteiger partial charge on any atom is 0.255 e. The molecule has 1 N–H and O–H groups in total. The summed E-state index contributed by atoms with van der Waals surface area (Å²) in [6.07, 6.45) is 3.27. The number of amides is 1. The van der Waals surface area contributed by atoms with Gasteiger partial charge in [-0.2, -0.15) is 5.10 Å². The van der Waals surface area contributed by atoms with Crippen molar-refractivity contribution in [2.45, 2.75) is 12.5 Å². The van der Waals surface area contributed by atoms with Crippen LogP contribution in [0, 0.1) is 0 Å². The fraction of sp³-hybridized carbons (Fsp3) is 0.286. The number of carbonyl (C=O) groups excluding carboxylic acids is 1. The predicted octanol–water partition coefficient (Wildman–Crippen LogP) is 2.46. The lowest BCUT2D eigenvalue weighted by molar-refractivity contribution is 0.0914. The maximum atomic E-state index is 12.2. The molecule has 0 aliphatic heterocycles. The van der Waals surface area contributed by atoms with E-state index in [-0.39, 0.29) is 5.91 Å². The van der Waals surface area contributed by atoms with Gasteiger partial charge in [0.2, 0.25) is 0 Å². The number of halogens is 1. The third-order valence-electron chi connectivity index (χ3n) is 3.03. The van der Waals surface area contributed by atoms with Crippen LogP contribution in [0.15, 0.2) is 42.7 Å². The summed E-state index contributed by atoms with van der Waals surface area (Å²) in [5.74, 6) is -0.126. The van der Waals surface area contributed by atoms with Gasteiger partial charge in [-0.05, 0) is 12.5 Å². The minimum atomic E-state index is -0.450. The molecule has 2 rings (SSSR count). The molecular formula is C14H16BrN3O. The second-order valence-electron chi connectivity index (χ2n) is 4.69. The van der Waals surface area contributed by atoms with Crippen molar-refractivity contribution < 1.29 is 4.79 Å². The van der Waals surface area contributed by atoms with Gasteiger partial charge in [0, 0.05) is 18.6 Å². The van der Waals surface area contributed by atoms with E-state index in [1.165, 1.54) is 0 Å². The van der Waals surface area contributed by atoms with Gasteiger partial charge in [-0.25, -0.2) is 0 Å². The number of benzene rings is 1. The van der Waals surface area contributed by atoms with Gasteiger partial charge >= 0.3 is 0 Å². The van der Waals surface area contributed by atoms with Gasteiger partial charge in [-0.3, -0.25) is 9.48 Å². The first-order valence-corrected chi connectivity index (χ1v) is 7.10. The molecule has 1 heterocycles. The average Bonchev–Trinajstić information content (AvgIpc) is 2.86. The number of nitrogens with zero attached hydrogens (tertiary/aromatic N) is 2. The minimum Gasteiger partial charge on any atom is -0.342 e. The van der Waals surface area contributed by atoms with Gasteiger partial charge in [-0.15, -0.1) is 0 Å². The highest BCUT2D eigenvalue weighted by Gasteiger charge is 2.28. The molecule has 1 atom stereocenters. The van der Waals surface area contributed by atoms with Crippen LogP contribution in [0.4, 0.5) is 0 Å². The van der Waals surface area contributed by atoms with Crippen LogP contribution in [0.2, 0.25) is 0 Å². The molecule has 0 saturated heterocycles. The number of aryl methyl sites for hydroxylation is 1. The second-order valence-corrected chi connectivity index (χ2v) is 5.25. The molecule has 1 unspecified atom stereocenters. The summed E-state index contributed by atoms with van der Waals surface area (Å²) in [6.45, 7) is 1.99. The van der Waals surface area contributed by atoms with Crippen molar-refractivity contribution in [2.75, 3.05) is 5.33 Å². The largest absolute Gasteiger partial charge is 0.342 e. The molecular weight excluding hydrogens is 306 g/mol. The Labute approximate surface area is 120 Å². The molecule has 0 aliphatic carbocycles. The molecule has 0 saturated carbocycles. The summed E-state index contributed by atoms with van der Waals surface area (Å²) in [4.78, 5) is 12.2. The topological polar surface area (TPSA) is 46.9 Å². The molecule has 0 fully saturated rings. The van der Waals surface area contributed by atoms with E-state index in [4.69, 9.17) is 0 Å². The van der Waals surface area contributed by atoms with E-state index in [0.29, 0.717) is 10.9 Å². The Bertz CT molecular complexity index is 567. The minimum absolute atomic E-state index is 0.126. The monoisotopic (exact) mass is 321 g/mol. The van der Waals surface area contributed by atoms with Gasteiger partial charge < -0.3 is 5.32 Å². The summed E-state index contributed by atoms with van der Waals surface area (Å²) in [6, 6.07) is 9.90. The molecule has 5 heteroatoms. The zero-order valence-corrected chi connectivity index (χ0v) is 12.5. The van der Waals surface area contributed by atoms with Crippen molar-refractivity contribution in [1.82, 2.24) is 15.1 Å². The van der Waals surface area contributed by atoms with Crippen LogP contribution in [0.1, 0.15) is 22.8 Å². The molecule has 0 radical (unpaired) electrons. The highest BCUT2D eigenvalue weighted by Crippen LogP contribution is 2.23. The summed E-state index contributed by atoms with van der Waals surface area (Å²) >= 11 is 3.48. The Morgan fingerprint density at radius 3 is 2.63 bits per heavy atom. The van der Waals surface area contributed by atoms with Gasteiger partial charge in [0.15, 0.2) is 0 Å². The Hall–Kier alpha value is -1.62. The van der Waals surface area contributed by atoms with Crippen LogP contribution in [0.25, 0.3) is 0 Å². The Morgan fingerprint density at radius 2 is 2.11 bits per heavy atom. The zero-order chi connectivity index (χ0) is 13.9. The molecule has 0 bridgehead atoms. The Morgan fingerprint density at radius 1 is 1.42 bits per heavy atom. The van der Waals surface area contributed by atoms with Crippen molar-refractivity contribution in [2.24, 2.45) is 7.05 Å². The Kier molecular flexibility index (Phi) is 4.04.